The van der Waals surface area contributed by atoms with Crippen molar-refractivity contribution >= 4 is 5.95 Å². The van der Waals surface area contributed by atoms with E-state index >= 15 is 0 Å². The lowest BCUT2D eigenvalue weighted by molar-refractivity contribution is 0.698. The number of nitrogens with one attached hydrogen (secondary N) is 1. The first-order valence-electron chi connectivity index (χ1n) is 6.53. The maximum absolute atomic E-state index is 4.49. The highest BCUT2D eigenvalue weighted by atomic mass is 15.2. The molecule has 0 aliphatic carbocycles. The lowest BCUT2D eigenvalue weighted by Crippen LogP contribution is -2.08. The minimum absolute atomic E-state index is 0.904. The lowest BCUT2D eigenvalue weighted by atomic mass is 10.1. The van der Waals surface area contributed by atoms with Gasteiger partial charge in [0.25, 0.3) is 0 Å². The summed E-state index contributed by atoms with van der Waals surface area (Å²) in [6.07, 6.45) is 3.15. The van der Waals surface area contributed by atoms with Crippen LogP contribution in [0, 0.1) is 13.8 Å². The van der Waals surface area contributed by atoms with Crippen molar-refractivity contribution in [1.29, 1.82) is 0 Å². The van der Waals surface area contributed by atoms with E-state index in [-0.39, 0.29) is 0 Å². The molecule has 0 saturated heterocycles. The van der Waals surface area contributed by atoms with Gasteiger partial charge in [0.1, 0.15) is 0 Å². The Morgan fingerprint density at radius 1 is 1.22 bits per heavy atom. The van der Waals surface area contributed by atoms with Gasteiger partial charge in [0.05, 0.1) is 5.69 Å². The van der Waals surface area contributed by atoms with Crippen LogP contribution in [0.4, 0.5) is 5.95 Å². The molecule has 0 aliphatic rings. The van der Waals surface area contributed by atoms with Crippen LogP contribution in [0.2, 0.25) is 0 Å². The molecule has 1 N–H and O–H groups in total. The van der Waals surface area contributed by atoms with E-state index in [0.29, 0.717) is 0 Å². The van der Waals surface area contributed by atoms with E-state index in [2.05, 4.69) is 59.2 Å². The zero-order valence-electron chi connectivity index (χ0n) is 11.4. The zero-order chi connectivity index (χ0) is 13.0. The molecular weight excluding hydrogens is 222 g/mol. The van der Waals surface area contributed by atoms with E-state index in [1.54, 1.807) is 0 Å². The standard InChI is InChI=1S/C15H21N3/c1-4-16-15-17-13(3)11-18(15)10-9-14-8-6-5-7-12(14)2/h5-8,11H,4,9-10H2,1-3H3,(H,16,17). The van der Waals surface area contributed by atoms with Crippen molar-refractivity contribution in [2.45, 2.75) is 33.7 Å². The van der Waals surface area contributed by atoms with Crippen LogP contribution in [0.25, 0.3) is 0 Å². The van der Waals surface area contributed by atoms with Crippen LogP contribution in [0.15, 0.2) is 30.5 Å². The molecule has 0 spiro atoms. The Balaban J connectivity index is 2.08. The van der Waals surface area contributed by atoms with Crippen LogP contribution in [0.5, 0.6) is 0 Å². The molecule has 0 radical (unpaired) electrons. The molecule has 0 atom stereocenters. The van der Waals surface area contributed by atoms with Gasteiger partial charge in [-0.1, -0.05) is 24.3 Å². The summed E-state index contributed by atoms with van der Waals surface area (Å²) in [6.45, 7) is 8.16. The predicted molar refractivity (Wildman–Crippen MR) is 76.0 cm³/mol. The summed E-state index contributed by atoms with van der Waals surface area (Å²) in [7, 11) is 0. The van der Waals surface area contributed by atoms with Crippen molar-refractivity contribution < 1.29 is 0 Å². The Kier molecular flexibility index (Phi) is 4.03. The molecular formula is C15H21N3. The second-order valence-electron chi connectivity index (χ2n) is 4.61. The molecule has 2 rings (SSSR count). The van der Waals surface area contributed by atoms with Gasteiger partial charge in [0.2, 0.25) is 5.95 Å². The van der Waals surface area contributed by atoms with Gasteiger partial charge in [-0.3, -0.25) is 0 Å². The predicted octanol–water partition coefficient (Wildman–Crippen LogP) is 3.17. The first-order chi connectivity index (χ1) is 8.70. The van der Waals surface area contributed by atoms with Crippen molar-refractivity contribution in [2.24, 2.45) is 0 Å². The van der Waals surface area contributed by atoms with Crippen LogP contribution in [0.3, 0.4) is 0 Å². The molecule has 1 heterocycles. The molecule has 3 nitrogen and oxygen atoms in total. The molecule has 1 aromatic heterocycles. The number of nitrogens with zero attached hydrogens (tertiary/aromatic N) is 2. The topological polar surface area (TPSA) is 29.9 Å². The van der Waals surface area contributed by atoms with E-state index in [9.17, 15) is 0 Å². The summed E-state index contributed by atoms with van der Waals surface area (Å²) in [5, 5.41) is 3.30. The zero-order valence-corrected chi connectivity index (χ0v) is 11.4. The number of aromatic nitrogens is 2. The van der Waals surface area contributed by atoms with Gasteiger partial charge in [0.15, 0.2) is 0 Å². The number of imidazole rings is 1. The lowest BCUT2D eigenvalue weighted by Gasteiger charge is -2.09. The fourth-order valence-corrected chi connectivity index (χ4v) is 2.15. The molecule has 0 fully saturated rings. The van der Waals surface area contributed by atoms with Gasteiger partial charge in [-0.15, -0.1) is 0 Å². The van der Waals surface area contributed by atoms with Crippen molar-refractivity contribution in [3.63, 3.8) is 0 Å². The van der Waals surface area contributed by atoms with Crippen molar-refractivity contribution in [1.82, 2.24) is 9.55 Å². The summed E-state index contributed by atoms with van der Waals surface area (Å²) in [5.74, 6) is 0.976. The highest BCUT2D eigenvalue weighted by molar-refractivity contribution is 5.30. The van der Waals surface area contributed by atoms with Crippen LogP contribution in [-0.4, -0.2) is 16.1 Å². The van der Waals surface area contributed by atoms with Crippen molar-refractivity contribution in [3.8, 4) is 0 Å². The monoisotopic (exact) mass is 243 g/mol. The Bertz CT molecular complexity index is 514. The third-order valence-electron chi connectivity index (χ3n) is 3.12. The molecule has 2 aromatic rings. The summed E-state index contributed by atoms with van der Waals surface area (Å²) in [5.41, 5.74) is 3.83. The number of benzene rings is 1. The van der Waals surface area contributed by atoms with Gasteiger partial charge in [-0.25, -0.2) is 4.98 Å². The van der Waals surface area contributed by atoms with Crippen LogP contribution in [-0.2, 0) is 13.0 Å². The number of anilines is 1. The van der Waals surface area contributed by atoms with E-state index in [4.69, 9.17) is 0 Å². The molecule has 0 amide bonds. The first-order valence-corrected chi connectivity index (χ1v) is 6.53. The molecule has 18 heavy (non-hydrogen) atoms. The molecule has 0 aliphatic heterocycles. The maximum atomic E-state index is 4.49. The number of hydrogen-bond donors (Lipinski definition) is 1. The SMILES string of the molecule is CCNc1nc(C)cn1CCc1ccccc1C. The van der Waals surface area contributed by atoms with Crippen LogP contribution < -0.4 is 5.32 Å². The Morgan fingerprint density at radius 3 is 2.72 bits per heavy atom. The average molecular weight is 243 g/mol. The van der Waals surface area contributed by atoms with Crippen LogP contribution >= 0.6 is 0 Å². The number of hydrogen-bond acceptors (Lipinski definition) is 2. The van der Waals surface area contributed by atoms with Gasteiger partial charge in [0, 0.05) is 19.3 Å². The van der Waals surface area contributed by atoms with E-state index < -0.39 is 0 Å². The molecule has 3 heteroatoms. The Labute approximate surface area is 109 Å². The van der Waals surface area contributed by atoms with Gasteiger partial charge >= 0.3 is 0 Å². The van der Waals surface area contributed by atoms with Crippen LogP contribution in [0.1, 0.15) is 23.7 Å². The average Bonchev–Trinajstić information content (AvgIpc) is 2.69. The van der Waals surface area contributed by atoms with Crippen molar-refractivity contribution in [3.05, 3.63) is 47.3 Å². The normalized spacial score (nSPS) is 10.6. The molecule has 0 unspecified atom stereocenters. The quantitative estimate of drug-likeness (QED) is 0.874. The molecule has 0 saturated carbocycles. The third-order valence-corrected chi connectivity index (χ3v) is 3.12. The van der Waals surface area contributed by atoms with Gasteiger partial charge in [-0.2, -0.15) is 0 Å². The summed E-state index contributed by atoms with van der Waals surface area (Å²) in [4.78, 5) is 4.49. The number of rotatable bonds is 5. The van der Waals surface area contributed by atoms with E-state index in [1.807, 2.05) is 6.92 Å². The highest BCUT2D eigenvalue weighted by Crippen LogP contribution is 2.12. The summed E-state index contributed by atoms with van der Waals surface area (Å²) < 4.78 is 2.20. The van der Waals surface area contributed by atoms with Gasteiger partial charge < -0.3 is 9.88 Å². The summed E-state index contributed by atoms with van der Waals surface area (Å²) >= 11 is 0. The first kappa shape index (κ1) is 12.7. The fourth-order valence-electron chi connectivity index (χ4n) is 2.15. The largest absolute Gasteiger partial charge is 0.356 e. The molecule has 96 valence electrons. The second-order valence-corrected chi connectivity index (χ2v) is 4.61. The Hall–Kier alpha value is -1.77. The molecule has 1 aromatic carbocycles. The smallest absolute Gasteiger partial charge is 0.203 e. The molecule has 0 bridgehead atoms. The number of aryl methyl sites for hydroxylation is 4. The maximum Gasteiger partial charge on any atom is 0.203 e. The highest BCUT2D eigenvalue weighted by Gasteiger charge is 2.05. The summed E-state index contributed by atoms with van der Waals surface area (Å²) in [6, 6.07) is 8.56. The fraction of sp³-hybridized carbons (Fsp3) is 0.400. The van der Waals surface area contributed by atoms with E-state index in [0.717, 1.165) is 31.2 Å². The van der Waals surface area contributed by atoms with Gasteiger partial charge in [-0.05, 0) is 38.3 Å². The minimum atomic E-state index is 0.904. The van der Waals surface area contributed by atoms with E-state index in [1.165, 1.54) is 11.1 Å². The third kappa shape index (κ3) is 2.92. The van der Waals surface area contributed by atoms with Crippen molar-refractivity contribution in [2.75, 3.05) is 11.9 Å². The Morgan fingerprint density at radius 2 is 2.00 bits per heavy atom. The second kappa shape index (κ2) is 5.71. The minimum Gasteiger partial charge on any atom is -0.356 e.